The van der Waals surface area contributed by atoms with E-state index in [9.17, 15) is 5.11 Å². The number of rotatable bonds is 4. The van der Waals surface area contributed by atoms with Crippen molar-refractivity contribution in [1.29, 1.82) is 0 Å². The van der Waals surface area contributed by atoms with Crippen LogP contribution in [0.2, 0.25) is 0 Å². The van der Waals surface area contributed by atoms with Gasteiger partial charge in [-0.1, -0.05) is 6.07 Å². The first-order chi connectivity index (χ1) is 8.57. The van der Waals surface area contributed by atoms with Crippen LogP contribution in [-0.2, 0) is 4.74 Å². The summed E-state index contributed by atoms with van der Waals surface area (Å²) < 4.78 is 10.5. The Bertz CT molecular complexity index is 425. The molecule has 4 N–H and O–H groups in total. The summed E-state index contributed by atoms with van der Waals surface area (Å²) in [6, 6.07) is 5.52. The summed E-state index contributed by atoms with van der Waals surface area (Å²) in [4.78, 5) is 0. The number of benzene rings is 1. The molecule has 1 aliphatic rings. The molecular formula is C13H20N2O3. The molecule has 0 spiro atoms. The van der Waals surface area contributed by atoms with Gasteiger partial charge in [0.25, 0.3) is 0 Å². The van der Waals surface area contributed by atoms with Crippen LogP contribution in [0.3, 0.4) is 0 Å². The highest BCUT2D eigenvalue weighted by atomic mass is 16.5. The summed E-state index contributed by atoms with van der Waals surface area (Å²) in [7, 11) is 1.58. The summed E-state index contributed by atoms with van der Waals surface area (Å²) in [5.74, 6) is 0.628. The number of nitrogens with one attached hydrogen (secondary N) is 1. The minimum Gasteiger partial charge on any atom is -0.495 e. The summed E-state index contributed by atoms with van der Waals surface area (Å²) in [5, 5.41) is 13.5. The van der Waals surface area contributed by atoms with Gasteiger partial charge in [0.05, 0.1) is 24.6 Å². The molecule has 0 amide bonds. The quantitative estimate of drug-likeness (QED) is 0.703. The van der Waals surface area contributed by atoms with Crippen molar-refractivity contribution < 1.29 is 14.6 Å². The van der Waals surface area contributed by atoms with Crippen LogP contribution in [-0.4, -0.2) is 37.1 Å². The molecule has 1 aromatic carbocycles. The lowest BCUT2D eigenvalue weighted by Crippen LogP contribution is -2.43. The van der Waals surface area contributed by atoms with E-state index in [2.05, 4.69) is 5.32 Å². The third-order valence-electron chi connectivity index (χ3n) is 3.53. The molecule has 0 saturated carbocycles. The number of hydrogen-bond acceptors (Lipinski definition) is 5. The van der Waals surface area contributed by atoms with Gasteiger partial charge in [0.1, 0.15) is 11.4 Å². The summed E-state index contributed by atoms with van der Waals surface area (Å²) in [6.45, 7) is 2.88. The minimum atomic E-state index is -0.838. The topological polar surface area (TPSA) is 76.7 Å². The van der Waals surface area contributed by atoms with Gasteiger partial charge in [-0.3, -0.25) is 0 Å². The van der Waals surface area contributed by atoms with E-state index in [-0.39, 0.29) is 6.10 Å². The zero-order valence-electron chi connectivity index (χ0n) is 10.8. The fourth-order valence-electron chi connectivity index (χ4n) is 2.13. The Morgan fingerprint density at radius 1 is 1.61 bits per heavy atom. The van der Waals surface area contributed by atoms with Crippen molar-refractivity contribution in [3.8, 4) is 5.75 Å². The summed E-state index contributed by atoms with van der Waals surface area (Å²) in [6.07, 6.45) is 0.460. The molecule has 1 aliphatic heterocycles. The van der Waals surface area contributed by atoms with Crippen LogP contribution in [0, 0.1) is 0 Å². The molecular weight excluding hydrogens is 232 g/mol. The van der Waals surface area contributed by atoms with E-state index in [0.717, 1.165) is 5.69 Å². The molecule has 100 valence electrons. The number of nitrogens with two attached hydrogens (primary N) is 1. The Balaban J connectivity index is 2.06. The second-order valence-corrected chi connectivity index (χ2v) is 4.64. The largest absolute Gasteiger partial charge is 0.495 e. The Labute approximate surface area is 107 Å². The molecule has 18 heavy (non-hydrogen) atoms. The predicted octanol–water partition coefficient (Wildman–Crippen LogP) is 1.23. The molecule has 2 rings (SSSR count). The van der Waals surface area contributed by atoms with Gasteiger partial charge in [-0.25, -0.2) is 0 Å². The van der Waals surface area contributed by atoms with Gasteiger partial charge in [0.2, 0.25) is 0 Å². The molecule has 0 aromatic heterocycles. The van der Waals surface area contributed by atoms with Gasteiger partial charge in [-0.15, -0.1) is 0 Å². The number of ether oxygens (including phenoxy) is 2. The van der Waals surface area contributed by atoms with Crippen LogP contribution in [0.4, 0.5) is 11.4 Å². The smallest absolute Gasteiger partial charge is 0.143 e. The second-order valence-electron chi connectivity index (χ2n) is 4.64. The predicted molar refractivity (Wildman–Crippen MR) is 70.9 cm³/mol. The monoisotopic (exact) mass is 252 g/mol. The Kier molecular flexibility index (Phi) is 3.63. The van der Waals surface area contributed by atoms with E-state index in [1.807, 2.05) is 19.1 Å². The van der Waals surface area contributed by atoms with E-state index < -0.39 is 5.60 Å². The van der Waals surface area contributed by atoms with Crippen molar-refractivity contribution in [3.63, 3.8) is 0 Å². The molecule has 2 unspecified atom stereocenters. The third-order valence-corrected chi connectivity index (χ3v) is 3.53. The number of aliphatic hydroxyl groups is 1. The molecule has 5 nitrogen and oxygen atoms in total. The lowest BCUT2D eigenvalue weighted by Gasteiger charge is -2.27. The normalized spacial score (nSPS) is 27.2. The highest BCUT2D eigenvalue weighted by molar-refractivity contribution is 5.72. The molecule has 0 aliphatic carbocycles. The Morgan fingerprint density at radius 3 is 3.00 bits per heavy atom. The number of methoxy groups -OCH3 is 1. The van der Waals surface area contributed by atoms with E-state index >= 15 is 0 Å². The first kappa shape index (κ1) is 13.0. The van der Waals surface area contributed by atoms with Crippen molar-refractivity contribution >= 4 is 11.4 Å². The molecule has 0 bridgehead atoms. The van der Waals surface area contributed by atoms with Gasteiger partial charge in [0, 0.05) is 19.6 Å². The van der Waals surface area contributed by atoms with Crippen LogP contribution < -0.4 is 15.8 Å². The van der Waals surface area contributed by atoms with Crippen molar-refractivity contribution in [1.82, 2.24) is 0 Å². The van der Waals surface area contributed by atoms with Gasteiger partial charge < -0.3 is 25.6 Å². The fourth-order valence-corrected chi connectivity index (χ4v) is 2.13. The summed E-state index contributed by atoms with van der Waals surface area (Å²) >= 11 is 0. The second kappa shape index (κ2) is 5.04. The average molecular weight is 252 g/mol. The number of hydrogen-bond donors (Lipinski definition) is 3. The molecule has 5 heteroatoms. The van der Waals surface area contributed by atoms with Gasteiger partial charge in [0.15, 0.2) is 0 Å². The molecule has 0 radical (unpaired) electrons. The first-order valence-corrected chi connectivity index (χ1v) is 6.07. The number of nitrogen functional groups attached to an aromatic ring is 1. The van der Waals surface area contributed by atoms with Gasteiger partial charge in [-0.05, 0) is 19.1 Å². The highest BCUT2D eigenvalue weighted by Crippen LogP contribution is 2.31. The van der Waals surface area contributed by atoms with Gasteiger partial charge >= 0.3 is 0 Å². The lowest BCUT2D eigenvalue weighted by molar-refractivity contribution is -0.0175. The molecule has 1 heterocycles. The minimum absolute atomic E-state index is 0.170. The highest BCUT2D eigenvalue weighted by Gasteiger charge is 2.39. The lowest BCUT2D eigenvalue weighted by atomic mass is 9.96. The van der Waals surface area contributed by atoms with Crippen molar-refractivity contribution in [2.24, 2.45) is 0 Å². The Morgan fingerprint density at radius 2 is 2.39 bits per heavy atom. The molecule has 2 atom stereocenters. The maximum Gasteiger partial charge on any atom is 0.143 e. The van der Waals surface area contributed by atoms with Crippen molar-refractivity contribution in [2.75, 3.05) is 31.3 Å². The molecule has 1 aromatic rings. The fraction of sp³-hybridized carbons (Fsp3) is 0.538. The van der Waals surface area contributed by atoms with E-state index in [1.165, 1.54) is 0 Å². The number of para-hydroxylation sites is 1. The third kappa shape index (κ3) is 2.37. The zero-order chi connectivity index (χ0) is 13.2. The van der Waals surface area contributed by atoms with Crippen molar-refractivity contribution in [3.05, 3.63) is 18.2 Å². The average Bonchev–Trinajstić information content (AvgIpc) is 2.69. The van der Waals surface area contributed by atoms with Crippen molar-refractivity contribution in [2.45, 2.75) is 25.0 Å². The number of anilines is 2. The van der Waals surface area contributed by atoms with Crippen LogP contribution in [0.5, 0.6) is 5.75 Å². The van der Waals surface area contributed by atoms with Crippen LogP contribution in [0.25, 0.3) is 0 Å². The van der Waals surface area contributed by atoms with Crippen LogP contribution >= 0.6 is 0 Å². The summed E-state index contributed by atoms with van der Waals surface area (Å²) in [5.41, 5.74) is 6.43. The van der Waals surface area contributed by atoms with E-state index in [0.29, 0.717) is 31.0 Å². The molecule has 1 fully saturated rings. The van der Waals surface area contributed by atoms with Crippen LogP contribution in [0.1, 0.15) is 13.3 Å². The SMILES string of the molecule is COc1cccc(NCC2(O)CCOC2C)c1N. The van der Waals surface area contributed by atoms with E-state index in [4.69, 9.17) is 15.2 Å². The van der Waals surface area contributed by atoms with Crippen LogP contribution in [0.15, 0.2) is 18.2 Å². The Hall–Kier alpha value is -1.46. The maximum absolute atomic E-state index is 10.4. The zero-order valence-corrected chi connectivity index (χ0v) is 10.8. The van der Waals surface area contributed by atoms with E-state index in [1.54, 1.807) is 13.2 Å². The standard InChI is InChI=1S/C13H20N2O3/c1-9-13(16,6-7-18-9)8-15-10-4-3-5-11(17-2)12(10)14/h3-5,9,15-16H,6-8,14H2,1-2H3. The first-order valence-electron chi connectivity index (χ1n) is 6.07. The van der Waals surface area contributed by atoms with Gasteiger partial charge in [-0.2, -0.15) is 0 Å². The molecule has 1 saturated heterocycles. The maximum atomic E-state index is 10.4.